The van der Waals surface area contributed by atoms with Crippen LogP contribution < -0.4 is 11.1 Å². The first-order valence-electron chi connectivity index (χ1n) is 7.32. The first-order chi connectivity index (χ1) is 9.65. The van der Waals surface area contributed by atoms with Gasteiger partial charge in [-0.05, 0) is 37.0 Å². The van der Waals surface area contributed by atoms with E-state index < -0.39 is 0 Å². The van der Waals surface area contributed by atoms with Crippen LogP contribution in [0.15, 0.2) is 48.5 Å². The Morgan fingerprint density at radius 3 is 2.60 bits per heavy atom. The van der Waals surface area contributed by atoms with E-state index >= 15 is 0 Å². The van der Waals surface area contributed by atoms with E-state index in [1.807, 2.05) is 0 Å². The summed E-state index contributed by atoms with van der Waals surface area (Å²) < 4.78 is 0. The Kier molecular flexibility index (Phi) is 3.60. The van der Waals surface area contributed by atoms with Crippen molar-refractivity contribution in [1.29, 1.82) is 0 Å². The second kappa shape index (κ2) is 5.39. The van der Waals surface area contributed by atoms with Gasteiger partial charge in [-0.1, -0.05) is 54.1 Å². The van der Waals surface area contributed by atoms with E-state index in [4.69, 9.17) is 5.73 Å². The van der Waals surface area contributed by atoms with Gasteiger partial charge in [-0.3, -0.25) is 0 Å². The molecule has 2 nitrogen and oxygen atoms in total. The first kappa shape index (κ1) is 13.3. The molecular weight excluding hydrogens is 244 g/mol. The standard InChI is InChI=1S/C18H22N2/c1-12-6-5-7-14(10-12)13(2)20-18-11-17(19)15-8-3-4-9-16(15)18/h3-10,13,17-18,20H,11,19H2,1-2H3/t13-,17?,18?/m0/s1. The Morgan fingerprint density at radius 2 is 1.85 bits per heavy atom. The number of aryl methyl sites for hydroxylation is 1. The van der Waals surface area contributed by atoms with Gasteiger partial charge in [-0.15, -0.1) is 0 Å². The molecular formula is C18H22N2. The van der Waals surface area contributed by atoms with Crippen molar-refractivity contribution in [2.45, 2.75) is 38.4 Å². The molecule has 0 heterocycles. The highest BCUT2D eigenvalue weighted by Gasteiger charge is 2.28. The number of nitrogens with one attached hydrogen (secondary N) is 1. The van der Waals surface area contributed by atoms with Crippen molar-refractivity contribution >= 4 is 0 Å². The molecule has 104 valence electrons. The van der Waals surface area contributed by atoms with Crippen LogP contribution in [0.2, 0.25) is 0 Å². The molecule has 0 fully saturated rings. The van der Waals surface area contributed by atoms with Gasteiger partial charge in [0.1, 0.15) is 0 Å². The molecule has 0 bridgehead atoms. The molecule has 0 aromatic heterocycles. The lowest BCUT2D eigenvalue weighted by Crippen LogP contribution is -2.23. The average molecular weight is 266 g/mol. The van der Waals surface area contributed by atoms with E-state index in [2.05, 4.69) is 67.7 Å². The van der Waals surface area contributed by atoms with Gasteiger partial charge in [0.2, 0.25) is 0 Å². The monoisotopic (exact) mass is 266 g/mol. The lowest BCUT2D eigenvalue weighted by molar-refractivity contribution is 0.445. The maximum Gasteiger partial charge on any atom is 0.0347 e. The van der Waals surface area contributed by atoms with E-state index in [1.54, 1.807) is 0 Å². The molecule has 3 rings (SSSR count). The van der Waals surface area contributed by atoms with E-state index in [0.717, 1.165) is 6.42 Å². The fourth-order valence-electron chi connectivity index (χ4n) is 3.17. The summed E-state index contributed by atoms with van der Waals surface area (Å²) >= 11 is 0. The molecule has 2 aromatic rings. The van der Waals surface area contributed by atoms with Gasteiger partial charge in [0.15, 0.2) is 0 Å². The van der Waals surface area contributed by atoms with Crippen LogP contribution in [0.3, 0.4) is 0 Å². The zero-order valence-electron chi connectivity index (χ0n) is 12.1. The van der Waals surface area contributed by atoms with Crippen molar-refractivity contribution in [3.05, 3.63) is 70.8 Å². The largest absolute Gasteiger partial charge is 0.324 e. The number of fused-ring (bicyclic) bond motifs is 1. The van der Waals surface area contributed by atoms with E-state index in [0.29, 0.717) is 12.1 Å². The summed E-state index contributed by atoms with van der Waals surface area (Å²) in [6.45, 7) is 4.36. The first-order valence-corrected chi connectivity index (χ1v) is 7.32. The van der Waals surface area contributed by atoms with Crippen molar-refractivity contribution in [1.82, 2.24) is 5.32 Å². The minimum Gasteiger partial charge on any atom is -0.324 e. The van der Waals surface area contributed by atoms with E-state index in [9.17, 15) is 0 Å². The van der Waals surface area contributed by atoms with E-state index in [1.165, 1.54) is 22.3 Å². The Bertz CT molecular complexity index is 606. The molecule has 0 spiro atoms. The summed E-state index contributed by atoms with van der Waals surface area (Å²) in [6, 6.07) is 18.1. The molecule has 1 aliphatic carbocycles. The quantitative estimate of drug-likeness (QED) is 0.887. The molecule has 0 radical (unpaired) electrons. The molecule has 0 saturated heterocycles. The Balaban J connectivity index is 1.79. The van der Waals surface area contributed by atoms with Crippen molar-refractivity contribution in [2.75, 3.05) is 0 Å². The molecule has 3 atom stereocenters. The van der Waals surface area contributed by atoms with Gasteiger partial charge in [0, 0.05) is 18.1 Å². The summed E-state index contributed by atoms with van der Waals surface area (Å²) in [7, 11) is 0. The zero-order chi connectivity index (χ0) is 14.1. The average Bonchev–Trinajstić information content (AvgIpc) is 2.76. The second-order valence-electron chi connectivity index (χ2n) is 5.83. The third-order valence-electron chi connectivity index (χ3n) is 4.25. The normalized spacial score (nSPS) is 22.6. The number of benzene rings is 2. The molecule has 0 saturated carbocycles. The molecule has 2 unspecified atom stereocenters. The van der Waals surface area contributed by atoms with E-state index in [-0.39, 0.29) is 6.04 Å². The topological polar surface area (TPSA) is 38.0 Å². The van der Waals surface area contributed by atoms with Crippen LogP contribution in [0.25, 0.3) is 0 Å². The molecule has 0 aliphatic heterocycles. The van der Waals surface area contributed by atoms with Gasteiger partial charge in [-0.2, -0.15) is 0 Å². The zero-order valence-corrected chi connectivity index (χ0v) is 12.1. The maximum absolute atomic E-state index is 6.24. The summed E-state index contributed by atoms with van der Waals surface area (Å²) in [5, 5.41) is 3.73. The maximum atomic E-state index is 6.24. The lowest BCUT2D eigenvalue weighted by Gasteiger charge is -2.21. The molecule has 1 aliphatic rings. The third kappa shape index (κ3) is 2.49. The summed E-state index contributed by atoms with van der Waals surface area (Å²) in [6.07, 6.45) is 0.982. The minimum absolute atomic E-state index is 0.161. The van der Waals surface area contributed by atoms with Crippen LogP contribution in [0.1, 0.15) is 53.7 Å². The number of hydrogen-bond acceptors (Lipinski definition) is 2. The Hall–Kier alpha value is -1.64. The second-order valence-corrected chi connectivity index (χ2v) is 5.83. The molecule has 2 heteroatoms. The van der Waals surface area contributed by atoms with Crippen LogP contribution >= 0.6 is 0 Å². The number of hydrogen-bond donors (Lipinski definition) is 2. The third-order valence-corrected chi connectivity index (χ3v) is 4.25. The number of nitrogens with two attached hydrogens (primary N) is 1. The lowest BCUT2D eigenvalue weighted by atomic mass is 10.0. The predicted molar refractivity (Wildman–Crippen MR) is 83.5 cm³/mol. The van der Waals surface area contributed by atoms with Crippen molar-refractivity contribution in [3.8, 4) is 0 Å². The Morgan fingerprint density at radius 1 is 1.10 bits per heavy atom. The van der Waals surface area contributed by atoms with Crippen LogP contribution in [0.4, 0.5) is 0 Å². The Labute approximate surface area is 121 Å². The van der Waals surface area contributed by atoms with Crippen molar-refractivity contribution < 1.29 is 0 Å². The van der Waals surface area contributed by atoms with Crippen LogP contribution in [0.5, 0.6) is 0 Å². The fraction of sp³-hybridized carbons (Fsp3) is 0.333. The van der Waals surface area contributed by atoms with Crippen molar-refractivity contribution in [3.63, 3.8) is 0 Å². The highest BCUT2D eigenvalue weighted by molar-refractivity contribution is 5.37. The van der Waals surface area contributed by atoms with Crippen LogP contribution in [-0.2, 0) is 0 Å². The van der Waals surface area contributed by atoms with Gasteiger partial charge in [0.05, 0.1) is 0 Å². The van der Waals surface area contributed by atoms with Crippen LogP contribution in [0, 0.1) is 6.92 Å². The highest BCUT2D eigenvalue weighted by atomic mass is 15.0. The van der Waals surface area contributed by atoms with Crippen LogP contribution in [-0.4, -0.2) is 0 Å². The smallest absolute Gasteiger partial charge is 0.0347 e. The predicted octanol–water partition coefficient (Wildman–Crippen LogP) is 3.79. The van der Waals surface area contributed by atoms with Crippen molar-refractivity contribution in [2.24, 2.45) is 5.73 Å². The van der Waals surface area contributed by atoms with Gasteiger partial charge in [-0.25, -0.2) is 0 Å². The molecule has 0 amide bonds. The minimum atomic E-state index is 0.161. The highest BCUT2D eigenvalue weighted by Crippen LogP contribution is 2.38. The summed E-state index contributed by atoms with van der Waals surface area (Å²) in [5.41, 5.74) is 11.5. The molecule has 3 N–H and O–H groups in total. The summed E-state index contributed by atoms with van der Waals surface area (Å²) in [5.74, 6) is 0. The number of rotatable bonds is 3. The SMILES string of the molecule is Cc1cccc([C@H](C)NC2CC(N)c3ccccc32)c1. The van der Waals surface area contributed by atoms with Gasteiger partial charge < -0.3 is 11.1 Å². The molecule has 2 aromatic carbocycles. The van der Waals surface area contributed by atoms with Gasteiger partial charge in [0.25, 0.3) is 0 Å². The molecule has 20 heavy (non-hydrogen) atoms. The summed E-state index contributed by atoms with van der Waals surface area (Å²) in [4.78, 5) is 0. The van der Waals surface area contributed by atoms with Gasteiger partial charge >= 0.3 is 0 Å². The fourth-order valence-corrected chi connectivity index (χ4v) is 3.17.